The summed E-state index contributed by atoms with van der Waals surface area (Å²) in [5.74, 6) is -0.338. The fourth-order valence-corrected chi connectivity index (χ4v) is 2.90. The molecule has 3 rings (SSSR count). The van der Waals surface area contributed by atoms with Crippen LogP contribution in [-0.2, 0) is 11.3 Å². The highest BCUT2D eigenvalue weighted by Crippen LogP contribution is 2.15. The lowest BCUT2D eigenvalue weighted by Gasteiger charge is -2.15. The number of esters is 1. The first-order valence-electron chi connectivity index (χ1n) is 7.53. The molecule has 1 saturated heterocycles. The second-order valence-electron chi connectivity index (χ2n) is 5.50. The summed E-state index contributed by atoms with van der Waals surface area (Å²) in [6.07, 6.45) is 3.83. The second kappa shape index (κ2) is 7.00. The molecule has 1 aromatic heterocycles. The van der Waals surface area contributed by atoms with Crippen LogP contribution in [0.25, 0.3) is 0 Å². The van der Waals surface area contributed by atoms with E-state index < -0.39 is 5.97 Å². The van der Waals surface area contributed by atoms with E-state index in [-0.39, 0.29) is 12.5 Å². The van der Waals surface area contributed by atoms with Gasteiger partial charge in [-0.2, -0.15) is 0 Å². The number of nitrogens with zero attached hydrogens (tertiary/aromatic N) is 1. The molecular formula is C17H17BrN2O3. The van der Waals surface area contributed by atoms with E-state index in [4.69, 9.17) is 4.74 Å². The zero-order chi connectivity index (χ0) is 16.2. The fourth-order valence-electron chi connectivity index (χ4n) is 2.56. The summed E-state index contributed by atoms with van der Waals surface area (Å²) in [7, 11) is 0. The van der Waals surface area contributed by atoms with Gasteiger partial charge in [-0.15, -0.1) is 0 Å². The minimum absolute atomic E-state index is 0.0716. The Balaban J connectivity index is 1.57. The number of amides is 1. The van der Waals surface area contributed by atoms with Gasteiger partial charge in [-0.3, -0.25) is 4.79 Å². The highest BCUT2D eigenvalue weighted by molar-refractivity contribution is 9.10. The number of halogens is 1. The first-order valence-corrected chi connectivity index (χ1v) is 8.32. The highest BCUT2D eigenvalue weighted by atomic mass is 79.9. The van der Waals surface area contributed by atoms with E-state index in [1.807, 2.05) is 17.0 Å². The third-order valence-corrected chi connectivity index (χ3v) is 4.29. The van der Waals surface area contributed by atoms with Crippen LogP contribution < -0.4 is 0 Å². The summed E-state index contributed by atoms with van der Waals surface area (Å²) in [6.45, 7) is 1.85. The van der Waals surface area contributed by atoms with Crippen LogP contribution in [0.2, 0.25) is 0 Å². The lowest BCUT2D eigenvalue weighted by Crippen LogP contribution is -2.27. The van der Waals surface area contributed by atoms with E-state index in [2.05, 4.69) is 20.9 Å². The Labute approximate surface area is 142 Å². The number of benzene rings is 1. The predicted molar refractivity (Wildman–Crippen MR) is 89.2 cm³/mol. The molecule has 1 aromatic carbocycles. The van der Waals surface area contributed by atoms with E-state index in [1.165, 1.54) is 0 Å². The Morgan fingerprint density at radius 2 is 1.87 bits per heavy atom. The van der Waals surface area contributed by atoms with Crippen LogP contribution >= 0.6 is 15.9 Å². The number of H-pyrrole nitrogens is 1. The van der Waals surface area contributed by atoms with Crippen molar-refractivity contribution in [3.05, 3.63) is 57.8 Å². The van der Waals surface area contributed by atoms with Gasteiger partial charge in [-0.1, -0.05) is 12.1 Å². The molecule has 120 valence electrons. The van der Waals surface area contributed by atoms with Crippen molar-refractivity contribution in [2.75, 3.05) is 13.1 Å². The molecule has 0 spiro atoms. The molecule has 1 aliphatic rings. The van der Waals surface area contributed by atoms with Crippen molar-refractivity contribution in [1.82, 2.24) is 9.88 Å². The van der Waals surface area contributed by atoms with Gasteiger partial charge in [0.1, 0.15) is 12.3 Å². The van der Waals surface area contributed by atoms with E-state index in [9.17, 15) is 9.59 Å². The molecule has 0 unspecified atom stereocenters. The maximum absolute atomic E-state index is 12.2. The molecule has 2 heterocycles. The molecule has 0 aliphatic carbocycles. The number of aromatic amines is 1. The molecule has 23 heavy (non-hydrogen) atoms. The average molecular weight is 377 g/mol. The summed E-state index contributed by atoms with van der Waals surface area (Å²) in [6, 6.07) is 8.88. The van der Waals surface area contributed by atoms with Gasteiger partial charge < -0.3 is 14.6 Å². The van der Waals surface area contributed by atoms with Crippen LogP contribution in [0.3, 0.4) is 0 Å². The summed E-state index contributed by atoms with van der Waals surface area (Å²) in [5, 5.41) is 0. The topological polar surface area (TPSA) is 62.4 Å². The van der Waals surface area contributed by atoms with Crippen molar-refractivity contribution >= 4 is 27.8 Å². The van der Waals surface area contributed by atoms with Crippen LogP contribution in [0.5, 0.6) is 0 Å². The second-order valence-corrected chi connectivity index (χ2v) is 6.42. The van der Waals surface area contributed by atoms with E-state index in [0.29, 0.717) is 11.3 Å². The number of hydrogen-bond donors (Lipinski definition) is 1. The number of likely N-dealkylation sites (tertiary alicyclic amines) is 1. The van der Waals surface area contributed by atoms with Crippen molar-refractivity contribution in [3.8, 4) is 0 Å². The fraction of sp³-hybridized carbons (Fsp3) is 0.294. The minimum Gasteiger partial charge on any atom is -0.456 e. The zero-order valence-corrected chi connectivity index (χ0v) is 14.1. The summed E-state index contributed by atoms with van der Waals surface area (Å²) in [4.78, 5) is 28.8. The van der Waals surface area contributed by atoms with Crippen LogP contribution in [0.15, 0.2) is 41.0 Å². The zero-order valence-electron chi connectivity index (χ0n) is 12.5. The Hall–Kier alpha value is -2.08. The van der Waals surface area contributed by atoms with Crippen molar-refractivity contribution in [2.24, 2.45) is 0 Å². The monoisotopic (exact) mass is 376 g/mol. The number of carbonyl (C=O) groups excluding carboxylic acids is 2. The van der Waals surface area contributed by atoms with Crippen molar-refractivity contribution in [1.29, 1.82) is 0 Å². The Morgan fingerprint density at radius 3 is 2.48 bits per heavy atom. The van der Waals surface area contributed by atoms with Gasteiger partial charge in [-0.25, -0.2) is 4.79 Å². The van der Waals surface area contributed by atoms with Gasteiger partial charge in [0.15, 0.2) is 0 Å². The Kier molecular flexibility index (Phi) is 4.81. The maximum Gasteiger partial charge on any atom is 0.355 e. The molecule has 2 aromatic rings. The average Bonchev–Trinajstić information content (AvgIpc) is 3.24. The number of hydrogen-bond acceptors (Lipinski definition) is 3. The lowest BCUT2D eigenvalue weighted by molar-refractivity contribution is 0.0466. The summed E-state index contributed by atoms with van der Waals surface area (Å²) < 4.78 is 6.04. The molecule has 1 N–H and O–H groups in total. The standard InChI is InChI=1S/C17H17BrN2O3/c18-14-9-15(19-10-14)17(22)23-11-12-3-5-13(6-4-12)16(21)20-7-1-2-8-20/h3-6,9-10,19H,1-2,7-8,11H2. The SMILES string of the molecule is O=C(OCc1ccc(C(=O)N2CCCC2)cc1)c1cc(Br)c[nH]1. The maximum atomic E-state index is 12.2. The number of aromatic nitrogens is 1. The number of carbonyl (C=O) groups is 2. The number of ether oxygens (including phenoxy) is 1. The Morgan fingerprint density at radius 1 is 1.17 bits per heavy atom. The molecule has 0 atom stereocenters. The Bertz CT molecular complexity index is 703. The summed E-state index contributed by atoms with van der Waals surface area (Å²) in [5.41, 5.74) is 1.93. The highest BCUT2D eigenvalue weighted by Gasteiger charge is 2.19. The molecule has 6 heteroatoms. The first-order chi connectivity index (χ1) is 11.1. The van der Waals surface area contributed by atoms with Gasteiger partial charge in [0.25, 0.3) is 5.91 Å². The number of rotatable bonds is 4. The molecule has 0 saturated carbocycles. The molecule has 5 nitrogen and oxygen atoms in total. The van der Waals surface area contributed by atoms with Crippen LogP contribution in [0.4, 0.5) is 0 Å². The summed E-state index contributed by atoms with van der Waals surface area (Å²) >= 11 is 3.27. The van der Waals surface area contributed by atoms with Crippen molar-refractivity contribution < 1.29 is 14.3 Å². The lowest BCUT2D eigenvalue weighted by atomic mass is 10.1. The molecule has 0 radical (unpaired) electrons. The predicted octanol–water partition coefficient (Wildman–Crippen LogP) is 3.37. The van der Waals surface area contributed by atoms with Gasteiger partial charge in [0.2, 0.25) is 0 Å². The normalized spacial score (nSPS) is 14.0. The van der Waals surface area contributed by atoms with Gasteiger partial charge in [0, 0.05) is 29.3 Å². The third-order valence-electron chi connectivity index (χ3n) is 3.83. The molecule has 1 fully saturated rings. The van der Waals surface area contributed by atoms with Gasteiger partial charge >= 0.3 is 5.97 Å². The quantitative estimate of drug-likeness (QED) is 0.832. The van der Waals surface area contributed by atoms with E-state index in [1.54, 1.807) is 24.4 Å². The van der Waals surface area contributed by atoms with Crippen LogP contribution in [0, 0.1) is 0 Å². The number of nitrogens with one attached hydrogen (secondary N) is 1. The molecule has 1 aliphatic heterocycles. The largest absolute Gasteiger partial charge is 0.456 e. The first kappa shape index (κ1) is 15.8. The smallest absolute Gasteiger partial charge is 0.355 e. The van der Waals surface area contributed by atoms with Gasteiger partial charge in [-0.05, 0) is 52.5 Å². The molecule has 1 amide bonds. The molecule has 0 bridgehead atoms. The van der Waals surface area contributed by atoms with Crippen molar-refractivity contribution in [3.63, 3.8) is 0 Å². The van der Waals surface area contributed by atoms with E-state index in [0.717, 1.165) is 36.0 Å². The van der Waals surface area contributed by atoms with Gasteiger partial charge in [0.05, 0.1) is 0 Å². The molecular weight excluding hydrogens is 360 g/mol. The van der Waals surface area contributed by atoms with Crippen LogP contribution in [-0.4, -0.2) is 34.8 Å². The van der Waals surface area contributed by atoms with Crippen LogP contribution in [0.1, 0.15) is 39.3 Å². The van der Waals surface area contributed by atoms with E-state index >= 15 is 0 Å². The third kappa shape index (κ3) is 3.82. The minimum atomic E-state index is -0.409. The van der Waals surface area contributed by atoms with Crippen molar-refractivity contribution in [2.45, 2.75) is 19.4 Å².